The van der Waals surface area contributed by atoms with E-state index in [0.717, 1.165) is 22.1 Å². The lowest BCUT2D eigenvalue weighted by Crippen LogP contribution is -2.16. The van der Waals surface area contributed by atoms with Crippen molar-refractivity contribution in [3.63, 3.8) is 0 Å². The highest BCUT2D eigenvalue weighted by atomic mass is 79.9. The number of halogens is 2. The summed E-state index contributed by atoms with van der Waals surface area (Å²) in [7, 11) is 0. The Morgan fingerprint density at radius 3 is 2.83 bits per heavy atom. The van der Waals surface area contributed by atoms with Crippen LogP contribution in [0.2, 0.25) is 0 Å². The van der Waals surface area contributed by atoms with Crippen molar-refractivity contribution >= 4 is 27.3 Å². The van der Waals surface area contributed by atoms with Crippen LogP contribution in [0.5, 0.6) is 0 Å². The predicted octanol–water partition coefficient (Wildman–Crippen LogP) is 4.57. The first kappa shape index (κ1) is 12.3. The van der Waals surface area contributed by atoms with Crippen molar-refractivity contribution in [1.82, 2.24) is 5.32 Å². The molecule has 0 aliphatic heterocycles. The Kier molecular flexibility index (Phi) is 3.50. The van der Waals surface area contributed by atoms with Crippen LogP contribution in [0, 0.1) is 5.82 Å². The zero-order valence-corrected chi connectivity index (χ0v) is 12.2. The van der Waals surface area contributed by atoms with Crippen LogP contribution in [0.15, 0.2) is 34.1 Å². The largest absolute Gasteiger partial charge is 0.310 e. The average molecular weight is 326 g/mol. The van der Waals surface area contributed by atoms with E-state index in [0.29, 0.717) is 6.04 Å². The molecule has 0 unspecified atom stereocenters. The van der Waals surface area contributed by atoms with Crippen molar-refractivity contribution in [2.24, 2.45) is 0 Å². The maximum atomic E-state index is 13.4. The second-order valence-corrected chi connectivity index (χ2v) is 6.32. The number of rotatable bonds is 4. The summed E-state index contributed by atoms with van der Waals surface area (Å²) in [6.45, 7) is 0.738. The second-order valence-electron chi connectivity index (χ2n) is 4.55. The van der Waals surface area contributed by atoms with Crippen LogP contribution < -0.4 is 5.32 Å². The van der Waals surface area contributed by atoms with Gasteiger partial charge in [0.25, 0.3) is 0 Å². The molecule has 1 aliphatic rings. The number of hydrogen-bond acceptors (Lipinski definition) is 2. The maximum Gasteiger partial charge on any atom is 0.123 e. The summed E-state index contributed by atoms with van der Waals surface area (Å²) in [4.78, 5) is 1.17. The number of benzene rings is 1. The van der Waals surface area contributed by atoms with Gasteiger partial charge in [0.05, 0.1) is 0 Å². The Morgan fingerprint density at radius 2 is 2.17 bits per heavy atom. The van der Waals surface area contributed by atoms with Gasteiger partial charge in [0, 0.05) is 21.9 Å². The molecule has 0 amide bonds. The first-order valence-electron chi connectivity index (χ1n) is 5.99. The summed E-state index contributed by atoms with van der Waals surface area (Å²) >= 11 is 5.22. The molecule has 4 heteroatoms. The maximum absolute atomic E-state index is 13.4. The van der Waals surface area contributed by atoms with Gasteiger partial charge in [-0.15, -0.1) is 11.3 Å². The molecule has 1 aliphatic carbocycles. The molecule has 1 saturated carbocycles. The Balaban J connectivity index is 1.94. The molecule has 3 rings (SSSR count). The molecule has 0 spiro atoms. The Morgan fingerprint density at radius 1 is 1.33 bits per heavy atom. The summed E-state index contributed by atoms with van der Waals surface area (Å²) in [5, 5.41) is 5.49. The molecule has 0 atom stereocenters. The minimum atomic E-state index is -0.168. The van der Waals surface area contributed by atoms with Crippen LogP contribution in [0.1, 0.15) is 18.4 Å². The molecule has 0 bridgehead atoms. The van der Waals surface area contributed by atoms with Gasteiger partial charge in [-0.1, -0.05) is 6.07 Å². The molecule has 0 radical (unpaired) electrons. The van der Waals surface area contributed by atoms with Crippen LogP contribution in [-0.2, 0) is 6.54 Å². The van der Waals surface area contributed by atoms with Gasteiger partial charge in [-0.3, -0.25) is 0 Å². The first-order valence-corrected chi connectivity index (χ1v) is 7.66. The third kappa shape index (κ3) is 2.66. The van der Waals surface area contributed by atoms with Crippen LogP contribution >= 0.6 is 27.3 Å². The highest BCUT2D eigenvalue weighted by Gasteiger charge is 2.21. The van der Waals surface area contributed by atoms with Crippen molar-refractivity contribution in [3.8, 4) is 10.4 Å². The van der Waals surface area contributed by atoms with Crippen LogP contribution in [-0.4, -0.2) is 6.04 Å². The van der Waals surface area contributed by atoms with E-state index >= 15 is 0 Å². The highest BCUT2D eigenvalue weighted by molar-refractivity contribution is 9.10. The lowest BCUT2D eigenvalue weighted by molar-refractivity contribution is 0.620. The topological polar surface area (TPSA) is 12.0 Å². The fourth-order valence-electron chi connectivity index (χ4n) is 1.96. The molecule has 94 valence electrons. The lowest BCUT2D eigenvalue weighted by atomic mass is 10.1. The Labute approximate surface area is 118 Å². The van der Waals surface area contributed by atoms with E-state index in [-0.39, 0.29) is 5.82 Å². The molecular formula is C14H13BrFNS. The van der Waals surface area contributed by atoms with Crippen LogP contribution in [0.25, 0.3) is 10.4 Å². The molecule has 1 N–H and O–H groups in total. The van der Waals surface area contributed by atoms with E-state index in [1.807, 2.05) is 17.5 Å². The van der Waals surface area contributed by atoms with Crippen molar-refractivity contribution in [3.05, 3.63) is 45.5 Å². The number of hydrogen-bond donors (Lipinski definition) is 1. The van der Waals surface area contributed by atoms with Gasteiger partial charge in [0.2, 0.25) is 0 Å². The molecule has 1 nitrogen and oxygen atoms in total. The summed E-state index contributed by atoms with van der Waals surface area (Å²) in [5.74, 6) is -0.168. The smallest absolute Gasteiger partial charge is 0.123 e. The molecule has 2 aromatic rings. The van der Waals surface area contributed by atoms with Crippen LogP contribution in [0.3, 0.4) is 0 Å². The van der Waals surface area contributed by atoms with E-state index in [4.69, 9.17) is 0 Å². The Bertz CT molecular complexity index is 563. The molecule has 1 fully saturated rings. The molecule has 1 aromatic heterocycles. The summed E-state index contributed by atoms with van der Waals surface area (Å²) in [5.41, 5.74) is 2.15. The quantitative estimate of drug-likeness (QED) is 0.868. The lowest BCUT2D eigenvalue weighted by Gasteiger charge is -2.10. The minimum absolute atomic E-state index is 0.168. The third-order valence-corrected chi connectivity index (χ3v) is 4.96. The van der Waals surface area contributed by atoms with Gasteiger partial charge in [-0.05, 0) is 63.5 Å². The van der Waals surface area contributed by atoms with Gasteiger partial charge >= 0.3 is 0 Å². The number of thiophene rings is 1. The molecule has 1 aromatic carbocycles. The zero-order chi connectivity index (χ0) is 12.5. The van der Waals surface area contributed by atoms with Crippen molar-refractivity contribution in [1.29, 1.82) is 0 Å². The predicted molar refractivity (Wildman–Crippen MR) is 77.3 cm³/mol. The van der Waals surface area contributed by atoms with E-state index in [1.54, 1.807) is 17.4 Å². The highest BCUT2D eigenvalue weighted by Crippen LogP contribution is 2.36. The van der Waals surface area contributed by atoms with Crippen molar-refractivity contribution in [2.75, 3.05) is 0 Å². The van der Waals surface area contributed by atoms with E-state index in [1.165, 1.54) is 23.8 Å². The van der Waals surface area contributed by atoms with Crippen molar-refractivity contribution < 1.29 is 4.39 Å². The number of nitrogens with one attached hydrogen (secondary N) is 1. The van der Waals surface area contributed by atoms with E-state index in [9.17, 15) is 4.39 Å². The summed E-state index contributed by atoms with van der Waals surface area (Å²) in [6, 6.07) is 7.70. The van der Waals surface area contributed by atoms with Gasteiger partial charge < -0.3 is 5.32 Å². The monoisotopic (exact) mass is 325 g/mol. The fourth-order valence-corrected chi connectivity index (χ4v) is 3.61. The average Bonchev–Trinajstić information content (AvgIpc) is 3.09. The Hall–Kier alpha value is -0.710. The van der Waals surface area contributed by atoms with E-state index < -0.39 is 0 Å². The van der Waals surface area contributed by atoms with Gasteiger partial charge in [0.15, 0.2) is 0 Å². The zero-order valence-electron chi connectivity index (χ0n) is 9.75. The first-order chi connectivity index (χ1) is 8.74. The van der Waals surface area contributed by atoms with Gasteiger partial charge in [0.1, 0.15) is 5.82 Å². The third-order valence-electron chi connectivity index (χ3n) is 3.09. The minimum Gasteiger partial charge on any atom is -0.310 e. The molecular weight excluding hydrogens is 313 g/mol. The van der Waals surface area contributed by atoms with Crippen LogP contribution in [0.4, 0.5) is 4.39 Å². The van der Waals surface area contributed by atoms with Crippen molar-refractivity contribution in [2.45, 2.75) is 25.4 Å². The summed E-state index contributed by atoms with van der Waals surface area (Å²) in [6.07, 6.45) is 2.49. The van der Waals surface area contributed by atoms with Gasteiger partial charge in [-0.25, -0.2) is 4.39 Å². The SMILES string of the molecule is Fc1ccc(-c2sccc2Br)c(CNC2CC2)c1. The second kappa shape index (κ2) is 5.11. The normalized spacial score (nSPS) is 15.0. The van der Waals surface area contributed by atoms with Gasteiger partial charge in [-0.2, -0.15) is 0 Å². The summed E-state index contributed by atoms with van der Waals surface area (Å²) < 4.78 is 14.5. The standard InChI is InChI=1S/C14H13BrFNS/c15-13-5-6-18-14(13)12-4-1-10(16)7-9(12)8-17-11-2-3-11/h1,4-7,11,17H,2-3,8H2. The molecule has 18 heavy (non-hydrogen) atoms. The molecule has 0 saturated heterocycles. The van der Waals surface area contributed by atoms with E-state index in [2.05, 4.69) is 21.2 Å². The molecule has 1 heterocycles. The fraction of sp³-hybridized carbons (Fsp3) is 0.286.